The number of nitrogens with one attached hydrogen (secondary N) is 2. The average molecular weight is 398 g/mol. The summed E-state index contributed by atoms with van der Waals surface area (Å²) < 4.78 is 14.3. The third kappa shape index (κ3) is 2.99. The van der Waals surface area contributed by atoms with Crippen LogP contribution >= 0.6 is 11.6 Å². The number of nitrogens with zero attached hydrogens (tertiary/aromatic N) is 1. The van der Waals surface area contributed by atoms with E-state index >= 15 is 0 Å². The number of carbonyl (C=O) groups is 1. The van der Waals surface area contributed by atoms with Crippen LogP contribution in [0.1, 0.15) is 40.7 Å². The number of fused-ring (bicyclic) bond motifs is 2. The zero-order valence-electron chi connectivity index (χ0n) is 15.4. The minimum Gasteiger partial charge on any atom is -0.355 e. The SMILES string of the molecule is O=C1NCc2c(Cl)c(F)cc(-c3cc4cc(CN5CCCCC5)ccc4[nH]3)c21. The molecule has 0 atom stereocenters. The van der Waals surface area contributed by atoms with Gasteiger partial charge in [-0.05, 0) is 55.8 Å². The van der Waals surface area contributed by atoms with Gasteiger partial charge in [0.25, 0.3) is 5.91 Å². The summed E-state index contributed by atoms with van der Waals surface area (Å²) in [5.74, 6) is -0.715. The van der Waals surface area contributed by atoms with E-state index in [1.807, 2.05) is 6.07 Å². The van der Waals surface area contributed by atoms with Crippen LogP contribution in [-0.4, -0.2) is 28.9 Å². The summed E-state index contributed by atoms with van der Waals surface area (Å²) in [6.07, 6.45) is 3.87. The fraction of sp³-hybridized carbons (Fsp3) is 0.318. The molecule has 1 aromatic heterocycles. The van der Waals surface area contributed by atoms with Gasteiger partial charge in [0.05, 0.1) is 10.6 Å². The Morgan fingerprint density at radius 2 is 1.93 bits per heavy atom. The molecule has 2 N–H and O–H groups in total. The molecule has 0 saturated carbocycles. The number of aromatic nitrogens is 1. The van der Waals surface area contributed by atoms with E-state index in [1.54, 1.807) is 0 Å². The molecule has 1 fully saturated rings. The van der Waals surface area contributed by atoms with Crippen molar-refractivity contribution in [1.29, 1.82) is 0 Å². The summed E-state index contributed by atoms with van der Waals surface area (Å²) in [7, 11) is 0. The highest BCUT2D eigenvalue weighted by atomic mass is 35.5. The van der Waals surface area contributed by atoms with Crippen molar-refractivity contribution in [3.63, 3.8) is 0 Å². The zero-order valence-corrected chi connectivity index (χ0v) is 16.2. The number of likely N-dealkylation sites (tertiary alicyclic amines) is 1. The molecule has 2 aliphatic rings. The molecule has 4 nitrogen and oxygen atoms in total. The van der Waals surface area contributed by atoms with Crippen LogP contribution in [0.2, 0.25) is 5.02 Å². The first-order valence-electron chi connectivity index (χ1n) is 9.73. The Hall–Kier alpha value is -2.37. The second kappa shape index (κ2) is 6.90. The van der Waals surface area contributed by atoms with Gasteiger partial charge in [0.15, 0.2) is 0 Å². The smallest absolute Gasteiger partial charge is 0.252 e. The Morgan fingerprint density at radius 3 is 2.75 bits per heavy atom. The lowest BCUT2D eigenvalue weighted by molar-refractivity contribution is 0.0966. The molecule has 3 heterocycles. The molecule has 28 heavy (non-hydrogen) atoms. The molecule has 0 aliphatic carbocycles. The molecule has 2 aliphatic heterocycles. The van der Waals surface area contributed by atoms with Crippen LogP contribution in [0.5, 0.6) is 0 Å². The largest absolute Gasteiger partial charge is 0.355 e. The number of hydrogen-bond donors (Lipinski definition) is 2. The van der Waals surface area contributed by atoms with Gasteiger partial charge in [-0.2, -0.15) is 0 Å². The van der Waals surface area contributed by atoms with Crippen molar-refractivity contribution in [2.45, 2.75) is 32.4 Å². The molecule has 0 bridgehead atoms. The van der Waals surface area contributed by atoms with Gasteiger partial charge in [0, 0.05) is 40.8 Å². The Balaban J connectivity index is 1.53. The predicted octanol–water partition coefficient (Wildman–Crippen LogP) is 4.86. The van der Waals surface area contributed by atoms with E-state index in [-0.39, 0.29) is 17.5 Å². The van der Waals surface area contributed by atoms with Crippen molar-refractivity contribution in [2.24, 2.45) is 0 Å². The van der Waals surface area contributed by atoms with Crippen molar-refractivity contribution in [1.82, 2.24) is 15.2 Å². The number of aromatic amines is 1. The molecule has 0 unspecified atom stereocenters. The minimum atomic E-state index is -0.503. The Morgan fingerprint density at radius 1 is 1.11 bits per heavy atom. The molecule has 0 spiro atoms. The molecule has 3 aromatic rings. The topological polar surface area (TPSA) is 48.1 Å². The van der Waals surface area contributed by atoms with E-state index in [2.05, 4.69) is 33.4 Å². The van der Waals surface area contributed by atoms with Crippen LogP contribution in [0.4, 0.5) is 4.39 Å². The third-order valence-corrected chi connectivity index (χ3v) is 6.21. The maximum Gasteiger partial charge on any atom is 0.252 e. The van der Waals surface area contributed by atoms with Gasteiger partial charge >= 0.3 is 0 Å². The maximum atomic E-state index is 14.3. The summed E-state index contributed by atoms with van der Waals surface area (Å²) >= 11 is 6.07. The van der Waals surface area contributed by atoms with Crippen LogP contribution in [0.15, 0.2) is 30.3 Å². The molecule has 6 heteroatoms. The monoisotopic (exact) mass is 397 g/mol. The van der Waals surface area contributed by atoms with Gasteiger partial charge in [-0.25, -0.2) is 4.39 Å². The molecule has 144 valence electrons. The Bertz CT molecular complexity index is 1090. The van der Waals surface area contributed by atoms with Gasteiger partial charge in [-0.1, -0.05) is 24.1 Å². The van der Waals surface area contributed by atoms with E-state index in [0.717, 1.165) is 36.2 Å². The van der Waals surface area contributed by atoms with E-state index < -0.39 is 5.82 Å². The number of amides is 1. The minimum absolute atomic E-state index is 0.0250. The number of rotatable bonds is 3. The van der Waals surface area contributed by atoms with E-state index in [4.69, 9.17) is 11.6 Å². The normalized spacial score (nSPS) is 17.1. The Kier molecular flexibility index (Phi) is 4.37. The highest BCUT2D eigenvalue weighted by molar-refractivity contribution is 6.32. The zero-order chi connectivity index (χ0) is 19.3. The first-order valence-corrected chi connectivity index (χ1v) is 10.1. The van der Waals surface area contributed by atoms with Crippen LogP contribution in [0, 0.1) is 5.82 Å². The number of piperidine rings is 1. The fourth-order valence-corrected chi connectivity index (χ4v) is 4.59. The third-order valence-electron chi connectivity index (χ3n) is 5.80. The van der Waals surface area contributed by atoms with E-state index in [1.165, 1.54) is 30.9 Å². The summed E-state index contributed by atoms with van der Waals surface area (Å²) in [5, 5.41) is 3.83. The molecule has 2 aromatic carbocycles. The van der Waals surface area contributed by atoms with Crippen molar-refractivity contribution in [3.05, 3.63) is 57.9 Å². The number of benzene rings is 2. The van der Waals surface area contributed by atoms with Crippen molar-refractivity contribution in [2.75, 3.05) is 13.1 Å². The lowest BCUT2D eigenvalue weighted by Gasteiger charge is -2.26. The van der Waals surface area contributed by atoms with Crippen LogP contribution in [0.25, 0.3) is 22.2 Å². The molecule has 1 saturated heterocycles. The van der Waals surface area contributed by atoms with E-state index in [0.29, 0.717) is 16.7 Å². The average Bonchev–Trinajstić information content (AvgIpc) is 3.29. The predicted molar refractivity (Wildman–Crippen MR) is 109 cm³/mol. The van der Waals surface area contributed by atoms with Crippen LogP contribution < -0.4 is 5.32 Å². The van der Waals surface area contributed by atoms with Crippen LogP contribution in [-0.2, 0) is 13.1 Å². The lowest BCUT2D eigenvalue weighted by atomic mass is 10.00. The fourth-order valence-electron chi connectivity index (χ4n) is 4.37. The molecular formula is C22H21ClFN3O. The molecule has 1 amide bonds. The van der Waals surface area contributed by atoms with Gasteiger partial charge in [0.2, 0.25) is 0 Å². The number of H-pyrrole nitrogens is 1. The van der Waals surface area contributed by atoms with Gasteiger partial charge in [0.1, 0.15) is 5.82 Å². The second-order valence-electron chi connectivity index (χ2n) is 7.70. The van der Waals surface area contributed by atoms with Crippen molar-refractivity contribution < 1.29 is 9.18 Å². The van der Waals surface area contributed by atoms with Gasteiger partial charge < -0.3 is 10.3 Å². The van der Waals surface area contributed by atoms with Crippen molar-refractivity contribution in [3.8, 4) is 11.3 Å². The van der Waals surface area contributed by atoms with Crippen LogP contribution in [0.3, 0.4) is 0 Å². The molecule has 0 radical (unpaired) electrons. The Labute approximate surface area is 167 Å². The highest BCUT2D eigenvalue weighted by Gasteiger charge is 2.28. The highest BCUT2D eigenvalue weighted by Crippen LogP contribution is 2.36. The van der Waals surface area contributed by atoms with E-state index in [9.17, 15) is 9.18 Å². The first-order chi connectivity index (χ1) is 13.6. The van der Waals surface area contributed by atoms with Gasteiger partial charge in [-0.3, -0.25) is 9.69 Å². The second-order valence-corrected chi connectivity index (χ2v) is 8.08. The quantitative estimate of drug-likeness (QED) is 0.663. The summed E-state index contributed by atoms with van der Waals surface area (Å²) in [6, 6.07) is 9.72. The summed E-state index contributed by atoms with van der Waals surface area (Å²) in [4.78, 5) is 18.1. The lowest BCUT2D eigenvalue weighted by Crippen LogP contribution is -2.28. The molecular weight excluding hydrogens is 377 g/mol. The van der Waals surface area contributed by atoms with Crippen molar-refractivity contribution >= 4 is 28.4 Å². The number of hydrogen-bond acceptors (Lipinski definition) is 2. The maximum absolute atomic E-state index is 14.3. The standard InChI is InChI=1S/C22H21ClFN3O/c23-21-16-11-25-22(28)20(16)15(10-17(21)24)19-9-14-8-13(4-5-18(14)26-19)12-27-6-2-1-3-7-27/h4-5,8-10,26H,1-3,6-7,11-12H2,(H,25,28). The molecule has 5 rings (SSSR count). The summed E-state index contributed by atoms with van der Waals surface area (Å²) in [5.41, 5.74) is 4.53. The van der Waals surface area contributed by atoms with Gasteiger partial charge in [-0.15, -0.1) is 0 Å². The number of halogens is 2. The first kappa shape index (κ1) is 17.7. The summed E-state index contributed by atoms with van der Waals surface area (Å²) in [6.45, 7) is 3.52. The number of carbonyl (C=O) groups excluding carboxylic acids is 1.